The molecule has 4 aromatic carbocycles. The Kier molecular flexibility index (Phi) is 2.81. The van der Waals surface area contributed by atoms with Gasteiger partial charge in [0.15, 0.2) is 0 Å². The zero-order valence-electron chi connectivity index (χ0n) is 13.0. The molecule has 0 heterocycles. The summed E-state index contributed by atoms with van der Waals surface area (Å²) in [7, 11) is 0. The molecule has 116 valence electrons. The van der Waals surface area contributed by atoms with E-state index in [1.165, 1.54) is 0 Å². The Balaban J connectivity index is 1.94. The zero-order chi connectivity index (χ0) is 16.3. The zero-order valence-corrected chi connectivity index (χ0v) is 13.0. The molecule has 0 saturated carbocycles. The molecule has 2 heteroatoms. The summed E-state index contributed by atoms with van der Waals surface area (Å²) >= 11 is 0. The third kappa shape index (κ3) is 1.72. The molecule has 2 unspecified atom stereocenters. The Hall–Kier alpha value is -2.68. The van der Waals surface area contributed by atoms with Crippen LogP contribution in [0.25, 0.3) is 32.7 Å². The van der Waals surface area contributed by atoms with Gasteiger partial charge in [-0.3, -0.25) is 0 Å². The molecule has 0 saturated heterocycles. The SMILES string of the molecule is OC1c2c(ccc3ccccc23)-c2ccc3ccccc3c2C1O. The van der Waals surface area contributed by atoms with Crippen molar-refractivity contribution in [2.24, 2.45) is 0 Å². The highest BCUT2D eigenvalue weighted by Crippen LogP contribution is 2.49. The molecule has 0 fully saturated rings. The molecule has 1 aliphatic carbocycles. The molecule has 2 atom stereocenters. The van der Waals surface area contributed by atoms with Gasteiger partial charge in [-0.2, -0.15) is 0 Å². The lowest BCUT2D eigenvalue weighted by atomic mass is 9.78. The van der Waals surface area contributed by atoms with Crippen LogP contribution in [-0.2, 0) is 0 Å². The molecule has 0 spiro atoms. The van der Waals surface area contributed by atoms with Gasteiger partial charge in [0.1, 0.15) is 12.2 Å². The van der Waals surface area contributed by atoms with Crippen LogP contribution in [0.3, 0.4) is 0 Å². The van der Waals surface area contributed by atoms with E-state index in [1.54, 1.807) is 0 Å². The first-order valence-electron chi connectivity index (χ1n) is 8.15. The van der Waals surface area contributed by atoms with Crippen molar-refractivity contribution >= 4 is 21.5 Å². The highest BCUT2D eigenvalue weighted by molar-refractivity contribution is 5.98. The number of aliphatic hydroxyl groups is 2. The van der Waals surface area contributed by atoms with Crippen LogP contribution in [0.2, 0.25) is 0 Å². The lowest BCUT2D eigenvalue weighted by Gasteiger charge is -2.31. The van der Waals surface area contributed by atoms with Crippen LogP contribution in [0.4, 0.5) is 0 Å². The summed E-state index contributed by atoms with van der Waals surface area (Å²) in [6, 6.07) is 24.3. The molecule has 24 heavy (non-hydrogen) atoms. The van der Waals surface area contributed by atoms with Crippen molar-refractivity contribution in [1.82, 2.24) is 0 Å². The molecule has 2 nitrogen and oxygen atoms in total. The largest absolute Gasteiger partial charge is 0.385 e. The number of aliphatic hydroxyl groups excluding tert-OH is 2. The van der Waals surface area contributed by atoms with Gasteiger partial charge in [0.25, 0.3) is 0 Å². The Bertz CT molecular complexity index is 1010. The van der Waals surface area contributed by atoms with Gasteiger partial charge in [-0.25, -0.2) is 0 Å². The van der Waals surface area contributed by atoms with Gasteiger partial charge in [0.05, 0.1) is 0 Å². The van der Waals surface area contributed by atoms with Crippen LogP contribution < -0.4 is 0 Å². The Morgan fingerprint density at radius 1 is 0.500 bits per heavy atom. The predicted molar refractivity (Wildman–Crippen MR) is 96.8 cm³/mol. The maximum absolute atomic E-state index is 10.9. The fourth-order valence-corrected chi connectivity index (χ4v) is 4.01. The minimum absolute atomic E-state index is 0.823. The molecule has 0 amide bonds. The average molecular weight is 312 g/mol. The number of hydrogen-bond donors (Lipinski definition) is 2. The molecule has 2 N–H and O–H groups in total. The third-order valence-electron chi connectivity index (χ3n) is 5.12. The van der Waals surface area contributed by atoms with Gasteiger partial charge in [0.2, 0.25) is 0 Å². The van der Waals surface area contributed by atoms with Gasteiger partial charge in [-0.05, 0) is 43.8 Å². The summed E-state index contributed by atoms with van der Waals surface area (Å²) in [4.78, 5) is 0. The Morgan fingerprint density at radius 2 is 0.917 bits per heavy atom. The third-order valence-corrected chi connectivity index (χ3v) is 5.12. The van der Waals surface area contributed by atoms with Crippen LogP contribution in [-0.4, -0.2) is 10.2 Å². The molecular formula is C22H16O2. The van der Waals surface area contributed by atoms with Crippen molar-refractivity contribution in [2.75, 3.05) is 0 Å². The molecule has 0 bridgehead atoms. The van der Waals surface area contributed by atoms with Gasteiger partial charge >= 0.3 is 0 Å². The van der Waals surface area contributed by atoms with E-state index >= 15 is 0 Å². The first kappa shape index (κ1) is 13.7. The minimum Gasteiger partial charge on any atom is -0.385 e. The predicted octanol–water partition coefficient (Wildman–Crippen LogP) is 4.74. The standard InChI is InChI=1S/C22H16O2/c23-21-19-15-7-3-1-5-13(15)9-11-17(19)18-12-10-14-6-2-4-8-16(14)20(18)22(21)24/h1-12,21-24H. The van der Waals surface area contributed by atoms with Crippen LogP contribution in [0.5, 0.6) is 0 Å². The second-order valence-corrected chi connectivity index (χ2v) is 6.39. The first-order chi connectivity index (χ1) is 11.8. The van der Waals surface area contributed by atoms with E-state index in [0.29, 0.717) is 0 Å². The van der Waals surface area contributed by atoms with E-state index in [0.717, 1.165) is 43.8 Å². The lowest BCUT2D eigenvalue weighted by Crippen LogP contribution is -2.18. The molecule has 0 radical (unpaired) electrons. The highest BCUT2D eigenvalue weighted by atomic mass is 16.3. The van der Waals surface area contributed by atoms with E-state index in [2.05, 4.69) is 24.3 Å². The summed E-state index contributed by atoms with van der Waals surface area (Å²) in [5, 5.41) is 25.9. The van der Waals surface area contributed by atoms with E-state index in [1.807, 2.05) is 48.5 Å². The maximum atomic E-state index is 10.9. The summed E-state index contributed by atoms with van der Waals surface area (Å²) in [6.45, 7) is 0. The number of hydrogen-bond acceptors (Lipinski definition) is 2. The summed E-state index contributed by atoms with van der Waals surface area (Å²) in [5.41, 5.74) is 3.66. The minimum atomic E-state index is -0.926. The molecule has 4 aromatic rings. The van der Waals surface area contributed by atoms with Crippen molar-refractivity contribution in [1.29, 1.82) is 0 Å². The van der Waals surface area contributed by atoms with E-state index in [4.69, 9.17) is 0 Å². The van der Waals surface area contributed by atoms with Crippen LogP contribution >= 0.6 is 0 Å². The Labute approximate surface area is 139 Å². The summed E-state index contributed by atoms with van der Waals surface area (Å²) < 4.78 is 0. The summed E-state index contributed by atoms with van der Waals surface area (Å²) in [6.07, 6.45) is -1.85. The fourth-order valence-electron chi connectivity index (χ4n) is 4.01. The monoisotopic (exact) mass is 312 g/mol. The molecule has 5 rings (SSSR count). The van der Waals surface area contributed by atoms with E-state index in [9.17, 15) is 10.2 Å². The Morgan fingerprint density at radius 3 is 1.38 bits per heavy atom. The van der Waals surface area contributed by atoms with Crippen LogP contribution in [0.1, 0.15) is 23.3 Å². The van der Waals surface area contributed by atoms with E-state index < -0.39 is 12.2 Å². The number of rotatable bonds is 0. The molecule has 1 aliphatic rings. The second kappa shape index (κ2) is 4.91. The fraction of sp³-hybridized carbons (Fsp3) is 0.0909. The van der Waals surface area contributed by atoms with Gasteiger partial charge in [-0.15, -0.1) is 0 Å². The van der Waals surface area contributed by atoms with Crippen molar-refractivity contribution in [2.45, 2.75) is 12.2 Å². The van der Waals surface area contributed by atoms with Crippen LogP contribution in [0.15, 0.2) is 72.8 Å². The quantitative estimate of drug-likeness (QED) is 0.492. The van der Waals surface area contributed by atoms with Crippen LogP contribution in [0, 0.1) is 0 Å². The van der Waals surface area contributed by atoms with E-state index in [-0.39, 0.29) is 0 Å². The van der Waals surface area contributed by atoms with Crippen molar-refractivity contribution < 1.29 is 10.2 Å². The van der Waals surface area contributed by atoms with Gasteiger partial charge in [-0.1, -0.05) is 72.8 Å². The number of fused-ring (bicyclic) bond motifs is 7. The molecule has 0 aromatic heterocycles. The van der Waals surface area contributed by atoms with Crippen molar-refractivity contribution in [3.05, 3.63) is 83.9 Å². The number of benzene rings is 4. The normalized spacial score (nSPS) is 19.2. The lowest BCUT2D eigenvalue weighted by molar-refractivity contribution is 0.0176. The summed E-state index contributed by atoms with van der Waals surface area (Å²) in [5.74, 6) is 0. The smallest absolute Gasteiger partial charge is 0.110 e. The molecule has 0 aliphatic heterocycles. The molecular weight excluding hydrogens is 296 g/mol. The van der Waals surface area contributed by atoms with Gasteiger partial charge in [0, 0.05) is 0 Å². The average Bonchev–Trinajstić information content (AvgIpc) is 2.64. The van der Waals surface area contributed by atoms with Crippen molar-refractivity contribution in [3.8, 4) is 11.1 Å². The highest BCUT2D eigenvalue weighted by Gasteiger charge is 2.33. The first-order valence-corrected chi connectivity index (χ1v) is 8.15. The topological polar surface area (TPSA) is 40.5 Å². The second-order valence-electron chi connectivity index (χ2n) is 6.39. The van der Waals surface area contributed by atoms with Crippen molar-refractivity contribution in [3.63, 3.8) is 0 Å². The maximum Gasteiger partial charge on any atom is 0.110 e. The van der Waals surface area contributed by atoms with Gasteiger partial charge < -0.3 is 10.2 Å².